The van der Waals surface area contributed by atoms with E-state index in [1.165, 1.54) is 7.11 Å². The van der Waals surface area contributed by atoms with E-state index in [1.807, 2.05) is 54.6 Å². The molecule has 0 aromatic heterocycles. The van der Waals surface area contributed by atoms with Gasteiger partial charge in [-0.05, 0) is 30.5 Å². The van der Waals surface area contributed by atoms with Gasteiger partial charge in [0, 0.05) is 43.2 Å². The molecule has 4 rings (SSSR count). The number of aliphatic hydroxyl groups is 1. The van der Waals surface area contributed by atoms with Crippen LogP contribution < -0.4 is 15.4 Å². The fraction of sp³-hybridized carbons (Fsp3) is 0.310. The Morgan fingerprint density at radius 3 is 2.42 bits per heavy atom. The quantitative estimate of drug-likeness (QED) is 0.331. The number of likely N-dealkylation sites (tertiary alicyclic amines) is 1. The molecule has 1 heterocycles. The lowest BCUT2D eigenvalue weighted by molar-refractivity contribution is -0.116. The van der Waals surface area contributed by atoms with Crippen LogP contribution in [0.3, 0.4) is 0 Å². The van der Waals surface area contributed by atoms with Gasteiger partial charge in [0.05, 0.1) is 30.1 Å². The Bertz CT molecular complexity index is 1250. The van der Waals surface area contributed by atoms with Gasteiger partial charge >= 0.3 is 6.09 Å². The number of anilines is 2. The van der Waals surface area contributed by atoms with Crippen LogP contribution >= 0.6 is 11.6 Å². The minimum Gasteiger partial charge on any atom is -0.496 e. The average Bonchev–Trinajstić information content (AvgIpc) is 2.94. The largest absolute Gasteiger partial charge is 0.496 e. The maximum atomic E-state index is 12.6. The van der Waals surface area contributed by atoms with Crippen LogP contribution in [0.25, 0.3) is 11.1 Å². The van der Waals surface area contributed by atoms with E-state index < -0.39 is 6.09 Å². The van der Waals surface area contributed by atoms with E-state index in [0.717, 1.165) is 24.2 Å². The minimum atomic E-state index is -0.467. The van der Waals surface area contributed by atoms with Gasteiger partial charge in [-0.15, -0.1) is 0 Å². The molecule has 0 spiro atoms. The minimum absolute atomic E-state index is 0.166. The number of hydrogen-bond donors (Lipinski definition) is 3. The molecular formula is C29H32ClN3O5. The highest BCUT2D eigenvalue weighted by Gasteiger charge is 2.23. The van der Waals surface area contributed by atoms with E-state index >= 15 is 0 Å². The topological polar surface area (TPSA) is 100 Å². The second kappa shape index (κ2) is 13.3. The van der Waals surface area contributed by atoms with Crippen LogP contribution in [-0.4, -0.2) is 54.9 Å². The molecule has 0 unspecified atom stereocenters. The van der Waals surface area contributed by atoms with Crippen LogP contribution in [0.4, 0.5) is 16.2 Å². The van der Waals surface area contributed by atoms with Gasteiger partial charge in [-0.3, -0.25) is 10.1 Å². The summed E-state index contributed by atoms with van der Waals surface area (Å²) in [6, 6.07) is 20.7. The molecule has 1 fully saturated rings. The van der Waals surface area contributed by atoms with Gasteiger partial charge in [-0.1, -0.05) is 60.1 Å². The number of hydrogen-bond acceptors (Lipinski definition) is 6. The summed E-state index contributed by atoms with van der Waals surface area (Å²) < 4.78 is 10.9. The number of nitrogens with one attached hydrogen (secondary N) is 2. The molecule has 9 heteroatoms. The van der Waals surface area contributed by atoms with Crippen molar-refractivity contribution in [1.82, 2.24) is 4.90 Å². The van der Waals surface area contributed by atoms with Gasteiger partial charge in [-0.2, -0.15) is 0 Å². The predicted octanol–water partition coefficient (Wildman–Crippen LogP) is 5.55. The fourth-order valence-electron chi connectivity index (χ4n) is 4.48. The normalized spacial score (nSPS) is 14.1. The zero-order chi connectivity index (χ0) is 26.9. The molecule has 3 aromatic carbocycles. The molecule has 8 nitrogen and oxygen atoms in total. The van der Waals surface area contributed by atoms with Crippen LogP contribution in [-0.2, 0) is 16.1 Å². The van der Waals surface area contributed by atoms with Gasteiger partial charge in [0.1, 0.15) is 11.9 Å². The second-order valence-electron chi connectivity index (χ2n) is 9.08. The number of nitrogens with zero attached hydrogens (tertiary/aromatic N) is 1. The van der Waals surface area contributed by atoms with Crippen LogP contribution in [0.5, 0.6) is 5.75 Å². The molecule has 1 aliphatic rings. The average molecular weight is 538 g/mol. The van der Waals surface area contributed by atoms with E-state index in [-0.39, 0.29) is 18.6 Å². The Morgan fingerprint density at radius 2 is 1.71 bits per heavy atom. The van der Waals surface area contributed by atoms with Gasteiger partial charge < -0.3 is 24.8 Å². The number of halogens is 1. The molecule has 0 radical (unpaired) electrons. The lowest BCUT2D eigenvalue weighted by atomic mass is 10.0. The molecule has 2 amide bonds. The molecule has 0 atom stereocenters. The monoisotopic (exact) mass is 537 g/mol. The summed E-state index contributed by atoms with van der Waals surface area (Å²) in [5.41, 5.74) is 3.65. The summed E-state index contributed by atoms with van der Waals surface area (Å²) in [6.45, 7) is 1.83. The molecule has 0 bridgehead atoms. The SMILES string of the molecule is COc1cc(NC(=O)CCN2CCC(OC(=O)Nc3ccccc3-c3ccccc3)CC2)c(Cl)cc1CO. The smallest absolute Gasteiger partial charge is 0.411 e. The van der Waals surface area contributed by atoms with Gasteiger partial charge in [-0.25, -0.2) is 4.79 Å². The van der Waals surface area contributed by atoms with Crippen molar-refractivity contribution in [2.24, 2.45) is 0 Å². The van der Waals surface area contributed by atoms with Crippen molar-refractivity contribution >= 4 is 35.0 Å². The molecule has 1 aliphatic heterocycles. The number of ether oxygens (including phenoxy) is 2. The van der Waals surface area contributed by atoms with Crippen LogP contribution in [0.1, 0.15) is 24.8 Å². The van der Waals surface area contributed by atoms with Gasteiger partial charge in [0.15, 0.2) is 0 Å². The molecule has 200 valence electrons. The lowest BCUT2D eigenvalue weighted by Gasteiger charge is -2.31. The number of carbonyl (C=O) groups is 2. The van der Waals surface area contributed by atoms with E-state index in [9.17, 15) is 14.7 Å². The van der Waals surface area contributed by atoms with Crippen LogP contribution in [0, 0.1) is 0 Å². The maximum absolute atomic E-state index is 12.6. The number of methoxy groups -OCH3 is 1. The number of rotatable bonds is 9. The Morgan fingerprint density at radius 1 is 1.00 bits per heavy atom. The van der Waals surface area contributed by atoms with Crippen LogP contribution in [0.15, 0.2) is 66.7 Å². The van der Waals surface area contributed by atoms with Crippen molar-refractivity contribution in [3.05, 3.63) is 77.3 Å². The molecule has 0 saturated carbocycles. The summed E-state index contributed by atoms with van der Waals surface area (Å²) >= 11 is 6.24. The molecule has 3 aromatic rings. The third-order valence-electron chi connectivity index (χ3n) is 6.53. The first-order chi connectivity index (χ1) is 18.5. The van der Waals surface area contributed by atoms with E-state index in [4.69, 9.17) is 21.1 Å². The highest BCUT2D eigenvalue weighted by molar-refractivity contribution is 6.33. The number of piperidine rings is 1. The first-order valence-corrected chi connectivity index (χ1v) is 13.0. The Hall–Kier alpha value is -3.59. The fourth-order valence-corrected chi connectivity index (χ4v) is 4.71. The first-order valence-electron chi connectivity index (χ1n) is 12.6. The zero-order valence-electron chi connectivity index (χ0n) is 21.3. The first kappa shape index (κ1) is 27.4. The Kier molecular flexibility index (Phi) is 9.59. The molecule has 0 aliphatic carbocycles. The summed E-state index contributed by atoms with van der Waals surface area (Å²) in [4.78, 5) is 27.3. The summed E-state index contributed by atoms with van der Waals surface area (Å²) in [6.07, 6.45) is 1.04. The van der Waals surface area contributed by atoms with Gasteiger partial charge in [0.2, 0.25) is 5.91 Å². The summed E-state index contributed by atoms with van der Waals surface area (Å²) in [5.74, 6) is 0.294. The summed E-state index contributed by atoms with van der Waals surface area (Å²) in [5, 5.41) is 15.4. The van der Waals surface area contributed by atoms with Crippen molar-refractivity contribution in [2.75, 3.05) is 37.4 Å². The number of carbonyl (C=O) groups excluding carboxylic acids is 2. The van der Waals surface area contributed by atoms with Crippen molar-refractivity contribution in [1.29, 1.82) is 0 Å². The van der Waals surface area contributed by atoms with E-state index in [1.54, 1.807) is 12.1 Å². The standard InChI is InChI=1S/C29H32ClN3O5/c1-37-27-18-26(24(30)17-21(27)19-34)31-28(35)13-16-33-14-11-22(12-15-33)38-29(36)32-25-10-6-5-9-23(25)20-7-3-2-4-8-20/h2-10,17-18,22,34H,11-16,19H2,1H3,(H,31,35)(H,32,36). The van der Waals surface area contributed by atoms with Crippen molar-refractivity contribution < 1.29 is 24.2 Å². The highest BCUT2D eigenvalue weighted by Crippen LogP contribution is 2.31. The predicted molar refractivity (Wildman–Crippen MR) is 149 cm³/mol. The van der Waals surface area contributed by atoms with E-state index in [2.05, 4.69) is 15.5 Å². The molecule has 3 N–H and O–H groups in total. The summed E-state index contributed by atoms with van der Waals surface area (Å²) in [7, 11) is 1.49. The second-order valence-corrected chi connectivity index (χ2v) is 9.49. The molecule has 1 saturated heterocycles. The maximum Gasteiger partial charge on any atom is 0.411 e. The number of aliphatic hydroxyl groups excluding tert-OH is 1. The molecule has 38 heavy (non-hydrogen) atoms. The third kappa shape index (κ3) is 7.25. The third-order valence-corrected chi connectivity index (χ3v) is 6.84. The highest BCUT2D eigenvalue weighted by atomic mass is 35.5. The Balaban J connectivity index is 1.21. The zero-order valence-corrected chi connectivity index (χ0v) is 22.0. The van der Waals surface area contributed by atoms with Crippen molar-refractivity contribution in [3.63, 3.8) is 0 Å². The lowest BCUT2D eigenvalue weighted by Crippen LogP contribution is -2.39. The van der Waals surface area contributed by atoms with E-state index in [0.29, 0.717) is 53.5 Å². The van der Waals surface area contributed by atoms with Crippen molar-refractivity contribution in [2.45, 2.75) is 32.0 Å². The Labute approximate surface area is 227 Å². The molecular weight excluding hydrogens is 506 g/mol. The van der Waals surface area contributed by atoms with Crippen LogP contribution in [0.2, 0.25) is 5.02 Å². The van der Waals surface area contributed by atoms with Crippen molar-refractivity contribution in [3.8, 4) is 16.9 Å². The number of para-hydroxylation sites is 1. The van der Waals surface area contributed by atoms with Gasteiger partial charge in [0.25, 0.3) is 0 Å². The number of amides is 2. The number of benzene rings is 3.